The molecule has 2 unspecified atom stereocenters. The van der Waals surface area contributed by atoms with E-state index >= 15 is 0 Å². The van der Waals surface area contributed by atoms with Crippen LogP contribution in [0.1, 0.15) is 29.2 Å². The molecule has 2 N–H and O–H groups in total. The number of ether oxygens (including phenoxy) is 1. The Morgan fingerprint density at radius 2 is 1.56 bits per heavy atom. The van der Waals surface area contributed by atoms with E-state index in [1.165, 1.54) is 5.69 Å². The maximum Gasteiger partial charge on any atom is 0.107 e. The third kappa shape index (κ3) is 4.28. The molecular weight excluding hydrogens is 314 g/mol. The maximum atomic E-state index is 9.84. The minimum atomic E-state index is -0.597. The highest BCUT2D eigenvalue weighted by Crippen LogP contribution is 2.33. The summed E-state index contributed by atoms with van der Waals surface area (Å²) in [4.78, 5) is 2.08. The van der Waals surface area contributed by atoms with Crippen molar-refractivity contribution >= 4 is 17.8 Å². The molecule has 1 aliphatic heterocycles. The van der Waals surface area contributed by atoms with E-state index in [0.29, 0.717) is 6.42 Å². The summed E-state index contributed by atoms with van der Waals surface area (Å²) in [5.41, 5.74) is 4.48. The number of rotatable bonds is 5. The first kappa shape index (κ1) is 17.7. The van der Waals surface area contributed by atoms with Gasteiger partial charge in [-0.15, -0.1) is 0 Å². The number of anilines is 1. The Labute approximate surface area is 149 Å². The second kappa shape index (κ2) is 7.83. The predicted octanol–water partition coefficient (Wildman–Crippen LogP) is 3.11. The number of benzene rings is 2. The van der Waals surface area contributed by atoms with Gasteiger partial charge in [0, 0.05) is 26.2 Å². The second-order valence-corrected chi connectivity index (χ2v) is 6.63. The normalized spacial score (nSPS) is 23.3. The van der Waals surface area contributed by atoms with Crippen molar-refractivity contribution < 1.29 is 14.9 Å². The van der Waals surface area contributed by atoms with E-state index < -0.39 is 12.2 Å². The van der Waals surface area contributed by atoms with Gasteiger partial charge in [-0.25, -0.2) is 0 Å². The summed E-state index contributed by atoms with van der Waals surface area (Å²) in [7, 11) is 4.06. The van der Waals surface area contributed by atoms with Gasteiger partial charge in [-0.05, 0) is 28.8 Å². The second-order valence-electron chi connectivity index (χ2n) is 6.63. The molecule has 1 aliphatic rings. The fraction of sp³-hybridized carbons (Fsp3) is 0.333. The fourth-order valence-corrected chi connectivity index (χ4v) is 3.01. The molecule has 0 bridgehead atoms. The molecule has 25 heavy (non-hydrogen) atoms. The van der Waals surface area contributed by atoms with E-state index in [-0.39, 0.29) is 12.7 Å². The fourth-order valence-electron chi connectivity index (χ4n) is 3.01. The SMILES string of the molecule is CN(C)c1ccc(C=Cc2ccc([C@@H]3CC(O)C(CO)O3)cc2)cc1. The predicted molar refractivity (Wildman–Crippen MR) is 101 cm³/mol. The number of aliphatic hydroxyl groups excluding tert-OH is 2. The third-order valence-electron chi connectivity index (χ3n) is 4.59. The standard InChI is InChI=1S/C21H25NO3/c1-22(2)18-11-7-16(8-12-18)4-3-15-5-9-17(10-6-15)20-13-19(24)21(14-23)25-20/h3-12,19-21,23-24H,13-14H2,1-2H3/t19?,20-,21?/m0/s1. The lowest BCUT2D eigenvalue weighted by atomic mass is 10.0. The Morgan fingerprint density at radius 3 is 2.04 bits per heavy atom. The van der Waals surface area contributed by atoms with Crippen LogP contribution in [-0.4, -0.2) is 43.1 Å². The number of aliphatic hydroxyl groups is 2. The van der Waals surface area contributed by atoms with Crippen LogP contribution in [0.25, 0.3) is 12.2 Å². The summed E-state index contributed by atoms with van der Waals surface area (Å²) in [6, 6.07) is 16.5. The lowest BCUT2D eigenvalue weighted by molar-refractivity contribution is -0.0225. The minimum absolute atomic E-state index is 0.148. The molecule has 0 aliphatic carbocycles. The summed E-state index contributed by atoms with van der Waals surface area (Å²) in [6.07, 6.45) is 3.47. The van der Waals surface area contributed by atoms with Gasteiger partial charge in [0.25, 0.3) is 0 Å². The lowest BCUT2D eigenvalue weighted by Crippen LogP contribution is -2.24. The van der Waals surface area contributed by atoms with Crippen LogP contribution < -0.4 is 4.90 Å². The van der Waals surface area contributed by atoms with Gasteiger partial charge in [0.15, 0.2) is 0 Å². The Morgan fingerprint density at radius 1 is 1.00 bits per heavy atom. The number of nitrogens with zero attached hydrogens (tertiary/aromatic N) is 1. The first-order valence-corrected chi connectivity index (χ1v) is 8.56. The zero-order valence-electron chi connectivity index (χ0n) is 14.7. The molecule has 3 rings (SSSR count). The van der Waals surface area contributed by atoms with Crippen molar-refractivity contribution in [3.63, 3.8) is 0 Å². The van der Waals surface area contributed by atoms with Gasteiger partial charge >= 0.3 is 0 Å². The van der Waals surface area contributed by atoms with Crippen LogP contribution in [0.5, 0.6) is 0 Å². The lowest BCUT2D eigenvalue weighted by Gasteiger charge is -2.12. The highest BCUT2D eigenvalue weighted by Gasteiger charge is 2.33. The molecule has 2 aromatic carbocycles. The first-order chi connectivity index (χ1) is 12.1. The Hall–Kier alpha value is -2.14. The van der Waals surface area contributed by atoms with Gasteiger partial charge in [0.05, 0.1) is 18.8 Å². The molecule has 4 heteroatoms. The van der Waals surface area contributed by atoms with E-state index in [0.717, 1.165) is 16.7 Å². The van der Waals surface area contributed by atoms with Gasteiger partial charge in [-0.3, -0.25) is 0 Å². The van der Waals surface area contributed by atoms with Crippen LogP contribution in [0, 0.1) is 0 Å². The number of hydrogen-bond acceptors (Lipinski definition) is 4. The topological polar surface area (TPSA) is 52.9 Å². The van der Waals surface area contributed by atoms with Crippen LogP contribution in [0.15, 0.2) is 48.5 Å². The molecule has 1 saturated heterocycles. The van der Waals surface area contributed by atoms with Crippen molar-refractivity contribution in [2.75, 3.05) is 25.6 Å². The molecule has 0 radical (unpaired) electrons. The average molecular weight is 339 g/mol. The molecular formula is C21H25NO3. The van der Waals surface area contributed by atoms with E-state index in [1.807, 2.05) is 38.4 Å². The largest absolute Gasteiger partial charge is 0.394 e. The van der Waals surface area contributed by atoms with E-state index in [4.69, 9.17) is 4.74 Å². The van der Waals surface area contributed by atoms with Crippen molar-refractivity contribution in [3.05, 3.63) is 65.2 Å². The van der Waals surface area contributed by atoms with E-state index in [2.05, 4.69) is 41.3 Å². The molecule has 1 heterocycles. The molecule has 4 nitrogen and oxygen atoms in total. The summed E-state index contributed by atoms with van der Waals surface area (Å²) < 4.78 is 5.69. The number of hydrogen-bond donors (Lipinski definition) is 2. The summed E-state index contributed by atoms with van der Waals surface area (Å²) in [6.45, 7) is -0.148. The zero-order chi connectivity index (χ0) is 17.8. The van der Waals surface area contributed by atoms with Crippen molar-refractivity contribution in [1.29, 1.82) is 0 Å². The van der Waals surface area contributed by atoms with E-state index in [1.54, 1.807) is 0 Å². The average Bonchev–Trinajstić information content (AvgIpc) is 3.01. The monoisotopic (exact) mass is 339 g/mol. The van der Waals surface area contributed by atoms with Crippen molar-refractivity contribution in [3.8, 4) is 0 Å². The highest BCUT2D eigenvalue weighted by molar-refractivity contribution is 5.70. The summed E-state index contributed by atoms with van der Waals surface area (Å²) in [5, 5.41) is 19.0. The molecule has 0 spiro atoms. The summed E-state index contributed by atoms with van der Waals surface area (Å²) >= 11 is 0. The van der Waals surface area contributed by atoms with Gasteiger partial charge in [0.2, 0.25) is 0 Å². The van der Waals surface area contributed by atoms with Gasteiger partial charge < -0.3 is 19.8 Å². The Balaban J connectivity index is 1.64. The molecule has 1 fully saturated rings. The van der Waals surface area contributed by atoms with Crippen LogP contribution in [0.4, 0.5) is 5.69 Å². The zero-order valence-corrected chi connectivity index (χ0v) is 14.7. The van der Waals surface area contributed by atoms with E-state index in [9.17, 15) is 10.2 Å². The molecule has 132 valence electrons. The smallest absolute Gasteiger partial charge is 0.107 e. The van der Waals surface area contributed by atoms with Crippen LogP contribution in [0.3, 0.4) is 0 Å². The summed E-state index contributed by atoms with van der Waals surface area (Å²) in [5.74, 6) is 0. The van der Waals surface area contributed by atoms with Gasteiger partial charge in [-0.1, -0.05) is 48.6 Å². The van der Waals surface area contributed by atoms with Gasteiger partial charge in [0.1, 0.15) is 6.10 Å². The van der Waals surface area contributed by atoms with Crippen LogP contribution in [0.2, 0.25) is 0 Å². The molecule has 0 amide bonds. The molecule has 3 atom stereocenters. The van der Waals surface area contributed by atoms with Crippen LogP contribution in [-0.2, 0) is 4.74 Å². The highest BCUT2D eigenvalue weighted by atomic mass is 16.5. The van der Waals surface area contributed by atoms with Crippen molar-refractivity contribution in [2.45, 2.75) is 24.7 Å². The Kier molecular flexibility index (Phi) is 5.53. The first-order valence-electron chi connectivity index (χ1n) is 8.56. The minimum Gasteiger partial charge on any atom is -0.394 e. The molecule has 2 aromatic rings. The molecule has 0 saturated carbocycles. The maximum absolute atomic E-state index is 9.84. The quantitative estimate of drug-likeness (QED) is 0.822. The van der Waals surface area contributed by atoms with Crippen molar-refractivity contribution in [2.24, 2.45) is 0 Å². The van der Waals surface area contributed by atoms with Gasteiger partial charge in [-0.2, -0.15) is 0 Å². The van der Waals surface area contributed by atoms with Crippen LogP contribution >= 0.6 is 0 Å². The van der Waals surface area contributed by atoms with Crippen molar-refractivity contribution in [1.82, 2.24) is 0 Å². The third-order valence-corrected chi connectivity index (χ3v) is 4.59. The molecule has 0 aromatic heterocycles. The Bertz CT molecular complexity index is 707.